The third kappa shape index (κ3) is 5.96. The number of para-hydroxylation sites is 1. The minimum Gasteiger partial charge on any atom is -0.434 e. The van der Waals surface area contributed by atoms with Crippen molar-refractivity contribution in [3.8, 4) is 5.75 Å². The second-order valence-electron chi connectivity index (χ2n) is 5.75. The summed E-state index contributed by atoms with van der Waals surface area (Å²) in [5.41, 5.74) is 1.84. The van der Waals surface area contributed by atoms with Crippen molar-refractivity contribution >= 4 is 36.4 Å². The molecule has 0 unspecified atom stereocenters. The van der Waals surface area contributed by atoms with Crippen LogP contribution < -0.4 is 15.4 Å². The molecule has 0 aromatic heterocycles. The van der Waals surface area contributed by atoms with Gasteiger partial charge in [0.2, 0.25) is 0 Å². The second-order valence-corrected chi connectivity index (χ2v) is 6.19. The molecule has 0 radical (unpaired) electrons. The van der Waals surface area contributed by atoms with Crippen molar-refractivity contribution in [2.24, 2.45) is 0 Å². The molecular formula is C18H21Cl3F2N2O. The molecule has 3 nitrogen and oxygen atoms in total. The Morgan fingerprint density at radius 1 is 1.15 bits per heavy atom. The van der Waals surface area contributed by atoms with E-state index in [1.54, 1.807) is 18.2 Å². The highest BCUT2D eigenvalue weighted by Gasteiger charge is 2.28. The van der Waals surface area contributed by atoms with Crippen LogP contribution in [-0.4, -0.2) is 19.2 Å². The quantitative estimate of drug-likeness (QED) is 0.685. The molecule has 1 fully saturated rings. The van der Waals surface area contributed by atoms with E-state index in [2.05, 4.69) is 15.4 Å². The Labute approximate surface area is 169 Å². The van der Waals surface area contributed by atoms with Gasteiger partial charge in [0.05, 0.1) is 0 Å². The van der Waals surface area contributed by atoms with Crippen molar-refractivity contribution in [3.05, 3.63) is 64.7 Å². The van der Waals surface area contributed by atoms with E-state index in [1.165, 1.54) is 0 Å². The van der Waals surface area contributed by atoms with Gasteiger partial charge in [-0.1, -0.05) is 41.9 Å². The molecule has 2 aromatic carbocycles. The molecule has 0 bridgehead atoms. The molecule has 8 heteroatoms. The molecule has 2 aromatic rings. The number of rotatable bonds is 6. The summed E-state index contributed by atoms with van der Waals surface area (Å²) in [6.07, 6.45) is 0.953. The largest absolute Gasteiger partial charge is 0.434 e. The lowest BCUT2D eigenvalue weighted by Gasteiger charge is -2.22. The molecule has 3 rings (SSSR count). The molecule has 2 atom stereocenters. The van der Waals surface area contributed by atoms with Gasteiger partial charge in [-0.15, -0.1) is 24.8 Å². The van der Waals surface area contributed by atoms with Crippen LogP contribution in [0.15, 0.2) is 48.5 Å². The minimum absolute atomic E-state index is 0. The second kappa shape index (κ2) is 10.9. The topological polar surface area (TPSA) is 33.3 Å². The first kappa shape index (κ1) is 22.9. The van der Waals surface area contributed by atoms with E-state index in [0.717, 1.165) is 24.1 Å². The third-order valence-corrected chi connectivity index (χ3v) is 4.41. The van der Waals surface area contributed by atoms with Crippen LogP contribution in [0.25, 0.3) is 0 Å². The number of nitrogens with one attached hydrogen (secondary N) is 2. The van der Waals surface area contributed by atoms with E-state index in [1.807, 2.05) is 30.3 Å². The summed E-state index contributed by atoms with van der Waals surface area (Å²) in [6, 6.07) is 15.0. The molecule has 0 spiro atoms. The summed E-state index contributed by atoms with van der Waals surface area (Å²) in [4.78, 5) is 0. The van der Waals surface area contributed by atoms with Crippen molar-refractivity contribution in [2.75, 3.05) is 6.54 Å². The molecule has 1 heterocycles. The first-order valence-corrected chi connectivity index (χ1v) is 8.26. The van der Waals surface area contributed by atoms with E-state index >= 15 is 0 Å². The fraction of sp³-hybridized carbons (Fsp3) is 0.333. The minimum atomic E-state index is -2.82. The summed E-state index contributed by atoms with van der Waals surface area (Å²) >= 11 is 6.08. The molecule has 1 aliphatic heterocycles. The van der Waals surface area contributed by atoms with Gasteiger partial charge in [-0.05, 0) is 36.7 Å². The fourth-order valence-corrected chi connectivity index (χ4v) is 3.27. The highest BCUT2D eigenvalue weighted by molar-refractivity contribution is 6.30. The van der Waals surface area contributed by atoms with Crippen molar-refractivity contribution < 1.29 is 13.5 Å². The average Bonchev–Trinajstić information content (AvgIpc) is 3.02. The number of benzene rings is 2. The van der Waals surface area contributed by atoms with Gasteiger partial charge in [-0.2, -0.15) is 8.78 Å². The highest BCUT2D eigenvalue weighted by atomic mass is 35.5. The zero-order chi connectivity index (χ0) is 16.9. The zero-order valence-electron chi connectivity index (χ0n) is 13.8. The molecule has 2 N–H and O–H groups in total. The summed E-state index contributed by atoms with van der Waals surface area (Å²) in [5.74, 6) is 0.213. The maximum atomic E-state index is 12.5. The lowest BCUT2D eigenvalue weighted by Crippen LogP contribution is -2.34. The molecule has 0 saturated carbocycles. The van der Waals surface area contributed by atoms with Gasteiger partial charge < -0.3 is 15.4 Å². The number of halogens is 5. The number of hydrogen-bond donors (Lipinski definition) is 2. The van der Waals surface area contributed by atoms with E-state index in [4.69, 9.17) is 11.6 Å². The van der Waals surface area contributed by atoms with Crippen LogP contribution >= 0.6 is 36.4 Å². The molecule has 1 saturated heterocycles. The van der Waals surface area contributed by atoms with Gasteiger partial charge in [0, 0.05) is 29.2 Å². The van der Waals surface area contributed by atoms with Crippen LogP contribution in [0.1, 0.15) is 23.6 Å². The lowest BCUT2D eigenvalue weighted by atomic mass is 10.0. The van der Waals surface area contributed by atoms with Crippen LogP contribution in [0, 0.1) is 0 Å². The molecule has 144 valence electrons. The van der Waals surface area contributed by atoms with Crippen molar-refractivity contribution in [2.45, 2.75) is 31.7 Å². The Kier molecular flexibility index (Phi) is 9.61. The predicted octanol–water partition coefficient (Wildman–Crippen LogP) is 4.98. The molecular weight excluding hydrogens is 405 g/mol. The van der Waals surface area contributed by atoms with Gasteiger partial charge in [-0.25, -0.2) is 0 Å². The Hall–Kier alpha value is -1.11. The molecule has 0 amide bonds. The van der Waals surface area contributed by atoms with E-state index in [9.17, 15) is 8.78 Å². The smallest absolute Gasteiger partial charge is 0.387 e. The van der Waals surface area contributed by atoms with E-state index < -0.39 is 6.61 Å². The van der Waals surface area contributed by atoms with Crippen LogP contribution in [0.3, 0.4) is 0 Å². The average molecular weight is 426 g/mol. The Morgan fingerprint density at radius 2 is 1.92 bits per heavy atom. The number of hydrogen-bond acceptors (Lipinski definition) is 3. The number of alkyl halides is 2. The summed E-state index contributed by atoms with van der Waals surface area (Å²) in [6.45, 7) is -1.46. The van der Waals surface area contributed by atoms with Gasteiger partial charge in [-0.3, -0.25) is 0 Å². The maximum absolute atomic E-state index is 12.5. The molecule has 0 aliphatic carbocycles. The van der Waals surface area contributed by atoms with Crippen LogP contribution in [0.4, 0.5) is 8.78 Å². The monoisotopic (exact) mass is 424 g/mol. The van der Waals surface area contributed by atoms with Gasteiger partial charge in [0.1, 0.15) is 5.75 Å². The SMILES string of the molecule is Cl.Cl.FC(F)Oc1ccccc1CN[C@H]1CCN[C@H]1c1cccc(Cl)c1. The van der Waals surface area contributed by atoms with Crippen LogP contribution in [0.2, 0.25) is 5.02 Å². The zero-order valence-corrected chi connectivity index (χ0v) is 16.2. The van der Waals surface area contributed by atoms with Gasteiger partial charge >= 0.3 is 6.61 Å². The Morgan fingerprint density at radius 3 is 2.65 bits per heavy atom. The van der Waals surface area contributed by atoms with Crippen molar-refractivity contribution in [1.82, 2.24) is 10.6 Å². The standard InChI is InChI=1S/C18H19ClF2N2O.2ClH/c19-14-6-3-5-12(10-14)17-15(8-9-22-17)23-11-13-4-1-2-7-16(13)24-18(20)21;;/h1-7,10,15,17-18,22-23H,8-9,11H2;2*1H/t15-,17-;;/m0../s1. The number of ether oxygens (including phenoxy) is 1. The first-order chi connectivity index (χ1) is 11.6. The van der Waals surface area contributed by atoms with Crippen molar-refractivity contribution in [1.29, 1.82) is 0 Å². The summed E-state index contributed by atoms with van der Waals surface area (Å²) in [7, 11) is 0. The highest BCUT2D eigenvalue weighted by Crippen LogP contribution is 2.27. The first-order valence-electron chi connectivity index (χ1n) is 7.88. The Balaban J connectivity index is 0.00000169. The van der Waals surface area contributed by atoms with E-state index in [0.29, 0.717) is 11.6 Å². The van der Waals surface area contributed by atoms with Gasteiger partial charge in [0.15, 0.2) is 0 Å². The lowest BCUT2D eigenvalue weighted by molar-refractivity contribution is -0.0505. The Bertz CT molecular complexity index is 691. The third-order valence-electron chi connectivity index (χ3n) is 4.17. The molecule has 26 heavy (non-hydrogen) atoms. The van der Waals surface area contributed by atoms with Crippen LogP contribution in [-0.2, 0) is 6.54 Å². The normalized spacial score (nSPS) is 18.9. The summed E-state index contributed by atoms with van der Waals surface area (Å²) in [5, 5.41) is 7.61. The maximum Gasteiger partial charge on any atom is 0.387 e. The summed E-state index contributed by atoms with van der Waals surface area (Å²) < 4.78 is 29.6. The van der Waals surface area contributed by atoms with Gasteiger partial charge in [0.25, 0.3) is 0 Å². The molecule has 1 aliphatic rings. The predicted molar refractivity (Wildman–Crippen MR) is 105 cm³/mol. The fourth-order valence-electron chi connectivity index (χ4n) is 3.08. The van der Waals surface area contributed by atoms with Crippen molar-refractivity contribution in [3.63, 3.8) is 0 Å². The van der Waals surface area contributed by atoms with E-state index in [-0.39, 0.29) is 42.6 Å². The van der Waals surface area contributed by atoms with Crippen LogP contribution in [0.5, 0.6) is 5.75 Å².